The van der Waals surface area contributed by atoms with Gasteiger partial charge in [-0.2, -0.15) is 0 Å². The normalized spacial score (nSPS) is 20.8. The van der Waals surface area contributed by atoms with E-state index in [0.29, 0.717) is 18.2 Å². The van der Waals surface area contributed by atoms with Crippen LogP contribution < -0.4 is 0 Å². The molecule has 1 rings (SSSR count). The lowest BCUT2D eigenvalue weighted by atomic mass is 9.99. The lowest BCUT2D eigenvalue weighted by Crippen LogP contribution is -2.47. The Hall–Kier alpha value is -0.120. The van der Waals surface area contributed by atoms with Gasteiger partial charge in [-0.3, -0.25) is 4.90 Å². The van der Waals surface area contributed by atoms with Gasteiger partial charge in [-0.25, -0.2) is 0 Å². The third-order valence-electron chi connectivity index (χ3n) is 3.03. The summed E-state index contributed by atoms with van der Waals surface area (Å²) in [5.41, 5.74) is 0.303. The predicted molar refractivity (Wildman–Crippen MR) is 62.2 cm³/mol. The van der Waals surface area contributed by atoms with Gasteiger partial charge >= 0.3 is 0 Å². The topological polar surface area (TPSA) is 21.7 Å². The van der Waals surface area contributed by atoms with Crippen molar-refractivity contribution in [3.8, 4) is 0 Å². The fourth-order valence-corrected chi connectivity index (χ4v) is 1.99. The Balaban J connectivity index is 2.18. The molecule has 0 amide bonds. The van der Waals surface area contributed by atoms with Crippen LogP contribution in [-0.4, -0.2) is 50.0 Å². The van der Waals surface area contributed by atoms with Gasteiger partial charge in [0.15, 0.2) is 0 Å². The number of hydrogen-bond donors (Lipinski definition) is 0. The van der Waals surface area contributed by atoms with Crippen LogP contribution in [0.4, 0.5) is 0 Å². The summed E-state index contributed by atoms with van der Waals surface area (Å²) in [5, 5.41) is 0. The molecule has 3 heteroatoms. The zero-order valence-electron chi connectivity index (χ0n) is 10.6. The van der Waals surface area contributed by atoms with Crippen LogP contribution in [0.2, 0.25) is 0 Å². The minimum Gasteiger partial charge on any atom is -0.382 e. The molecule has 0 aliphatic carbocycles. The number of nitrogens with zero attached hydrogens (tertiary/aromatic N) is 1. The van der Waals surface area contributed by atoms with E-state index in [-0.39, 0.29) is 0 Å². The van der Waals surface area contributed by atoms with Crippen LogP contribution in [0.15, 0.2) is 0 Å². The first-order chi connectivity index (χ1) is 7.04. The second-order valence-electron chi connectivity index (χ2n) is 5.22. The molecule has 3 nitrogen and oxygen atoms in total. The van der Waals surface area contributed by atoms with Crippen molar-refractivity contribution in [3.63, 3.8) is 0 Å². The van der Waals surface area contributed by atoms with Crippen molar-refractivity contribution in [2.45, 2.75) is 45.3 Å². The molecule has 1 fully saturated rings. The molecule has 0 N–H and O–H groups in total. The number of methoxy groups -OCH3 is 1. The molecule has 0 aromatic carbocycles. The Kier molecular flexibility index (Phi) is 5.03. The fourth-order valence-electron chi connectivity index (χ4n) is 1.99. The molecule has 1 aliphatic heterocycles. The monoisotopic (exact) mass is 215 g/mol. The Bertz CT molecular complexity index is 169. The fraction of sp³-hybridized carbons (Fsp3) is 1.00. The SMILES string of the molecule is COCCOC1CCN(C(C)(C)C)CC1. The smallest absolute Gasteiger partial charge is 0.0704 e. The van der Waals surface area contributed by atoms with Crippen LogP contribution in [0.3, 0.4) is 0 Å². The van der Waals surface area contributed by atoms with Crippen LogP contribution in [0.1, 0.15) is 33.6 Å². The molecule has 0 radical (unpaired) electrons. The first kappa shape index (κ1) is 12.9. The summed E-state index contributed by atoms with van der Waals surface area (Å²) in [7, 11) is 1.71. The molecule has 0 bridgehead atoms. The highest BCUT2D eigenvalue weighted by molar-refractivity contribution is 4.81. The summed E-state index contributed by atoms with van der Waals surface area (Å²) in [5.74, 6) is 0. The first-order valence-electron chi connectivity index (χ1n) is 5.89. The van der Waals surface area contributed by atoms with Crippen molar-refractivity contribution in [1.29, 1.82) is 0 Å². The third kappa shape index (κ3) is 4.49. The lowest BCUT2D eigenvalue weighted by molar-refractivity contribution is -0.0290. The maximum atomic E-state index is 5.73. The molecule has 0 spiro atoms. The molecule has 1 aliphatic rings. The van der Waals surface area contributed by atoms with Crippen molar-refractivity contribution in [2.24, 2.45) is 0 Å². The molecule has 0 unspecified atom stereocenters. The van der Waals surface area contributed by atoms with Gasteiger partial charge in [0.25, 0.3) is 0 Å². The number of hydrogen-bond acceptors (Lipinski definition) is 3. The summed E-state index contributed by atoms with van der Waals surface area (Å²) < 4.78 is 10.7. The Morgan fingerprint density at radius 1 is 1.13 bits per heavy atom. The summed E-state index contributed by atoms with van der Waals surface area (Å²) in [6.45, 7) is 10.6. The molecular weight excluding hydrogens is 190 g/mol. The van der Waals surface area contributed by atoms with E-state index in [1.54, 1.807) is 7.11 Å². The van der Waals surface area contributed by atoms with Gasteiger partial charge in [0, 0.05) is 25.7 Å². The van der Waals surface area contributed by atoms with Gasteiger partial charge in [-0.15, -0.1) is 0 Å². The molecule has 90 valence electrons. The Morgan fingerprint density at radius 2 is 1.73 bits per heavy atom. The van der Waals surface area contributed by atoms with Crippen LogP contribution in [-0.2, 0) is 9.47 Å². The Labute approximate surface area is 93.7 Å². The minimum atomic E-state index is 0.303. The van der Waals surface area contributed by atoms with Crippen molar-refractivity contribution < 1.29 is 9.47 Å². The van der Waals surface area contributed by atoms with Gasteiger partial charge in [0.1, 0.15) is 0 Å². The predicted octanol–water partition coefficient (Wildman–Crippen LogP) is 1.91. The van der Waals surface area contributed by atoms with E-state index >= 15 is 0 Å². The molecule has 0 aromatic rings. The highest BCUT2D eigenvalue weighted by Crippen LogP contribution is 2.21. The van der Waals surface area contributed by atoms with Crippen LogP contribution in [0.25, 0.3) is 0 Å². The summed E-state index contributed by atoms with van der Waals surface area (Å²) in [6.07, 6.45) is 2.75. The number of piperidine rings is 1. The summed E-state index contributed by atoms with van der Waals surface area (Å²) in [4.78, 5) is 2.53. The molecule has 1 saturated heterocycles. The van der Waals surface area contributed by atoms with Crippen molar-refractivity contribution in [2.75, 3.05) is 33.4 Å². The quantitative estimate of drug-likeness (QED) is 0.669. The van der Waals surface area contributed by atoms with E-state index in [9.17, 15) is 0 Å². The van der Waals surface area contributed by atoms with Gasteiger partial charge in [0.05, 0.1) is 19.3 Å². The van der Waals surface area contributed by atoms with Crippen LogP contribution in [0.5, 0.6) is 0 Å². The number of ether oxygens (including phenoxy) is 2. The van der Waals surface area contributed by atoms with Crippen LogP contribution in [0, 0.1) is 0 Å². The largest absolute Gasteiger partial charge is 0.382 e. The Morgan fingerprint density at radius 3 is 2.20 bits per heavy atom. The van der Waals surface area contributed by atoms with E-state index < -0.39 is 0 Å². The highest BCUT2D eigenvalue weighted by atomic mass is 16.5. The standard InChI is InChI=1S/C12H25NO2/c1-12(2,3)13-7-5-11(6-8-13)15-10-9-14-4/h11H,5-10H2,1-4H3. The van der Waals surface area contributed by atoms with E-state index in [1.165, 1.54) is 0 Å². The number of likely N-dealkylation sites (tertiary alicyclic amines) is 1. The first-order valence-corrected chi connectivity index (χ1v) is 5.89. The molecule has 0 atom stereocenters. The summed E-state index contributed by atoms with van der Waals surface area (Å²) >= 11 is 0. The number of rotatable bonds is 4. The van der Waals surface area contributed by atoms with Crippen LogP contribution >= 0.6 is 0 Å². The van der Waals surface area contributed by atoms with Gasteiger partial charge in [0.2, 0.25) is 0 Å². The minimum absolute atomic E-state index is 0.303. The average molecular weight is 215 g/mol. The third-order valence-corrected chi connectivity index (χ3v) is 3.03. The zero-order chi connectivity index (χ0) is 11.3. The van der Waals surface area contributed by atoms with E-state index in [1.807, 2.05) is 0 Å². The zero-order valence-corrected chi connectivity index (χ0v) is 10.6. The average Bonchev–Trinajstić information content (AvgIpc) is 2.18. The molecule has 1 heterocycles. The molecular formula is C12H25NO2. The van der Waals surface area contributed by atoms with Crippen molar-refractivity contribution in [1.82, 2.24) is 4.90 Å². The van der Waals surface area contributed by atoms with Crippen molar-refractivity contribution in [3.05, 3.63) is 0 Å². The van der Waals surface area contributed by atoms with Crippen molar-refractivity contribution >= 4 is 0 Å². The second-order valence-corrected chi connectivity index (χ2v) is 5.22. The molecule has 0 saturated carbocycles. The van der Waals surface area contributed by atoms with E-state index in [0.717, 1.165) is 32.5 Å². The second kappa shape index (κ2) is 5.83. The van der Waals surface area contributed by atoms with Gasteiger partial charge in [-0.05, 0) is 33.6 Å². The maximum Gasteiger partial charge on any atom is 0.0704 e. The molecule has 15 heavy (non-hydrogen) atoms. The highest BCUT2D eigenvalue weighted by Gasteiger charge is 2.26. The maximum absolute atomic E-state index is 5.73. The van der Waals surface area contributed by atoms with E-state index in [4.69, 9.17) is 9.47 Å². The summed E-state index contributed by atoms with van der Waals surface area (Å²) in [6, 6.07) is 0. The lowest BCUT2D eigenvalue weighted by Gasteiger charge is -2.40. The van der Waals surface area contributed by atoms with E-state index in [2.05, 4.69) is 25.7 Å². The molecule has 0 aromatic heterocycles. The van der Waals surface area contributed by atoms with Gasteiger partial charge < -0.3 is 9.47 Å². The van der Waals surface area contributed by atoms with Gasteiger partial charge in [-0.1, -0.05) is 0 Å².